The standard InChI is InChI=1S/C27H31N5O/c1-17-3-7-23-21(15-17)25-22(29-26(30-25)19-5-6-19)11-14-32(23)27(33)20-9-12-31(13-10-20)24-8-4-18(2)16-28-24/h3-4,7-8,15-16,19-20H,5-6,9-14H2,1-2H3,(H,29,30). The number of carbonyl (C=O) groups is 1. The second kappa shape index (κ2) is 8.01. The van der Waals surface area contributed by atoms with E-state index >= 15 is 0 Å². The highest BCUT2D eigenvalue weighted by molar-refractivity contribution is 5.99. The summed E-state index contributed by atoms with van der Waals surface area (Å²) in [6.07, 6.45) is 6.92. The number of pyridine rings is 1. The largest absolute Gasteiger partial charge is 0.357 e. The molecule has 2 aliphatic heterocycles. The molecule has 1 saturated heterocycles. The minimum Gasteiger partial charge on any atom is -0.357 e. The average Bonchev–Trinajstić information content (AvgIpc) is 3.62. The summed E-state index contributed by atoms with van der Waals surface area (Å²) in [4.78, 5) is 31.3. The Labute approximate surface area is 195 Å². The van der Waals surface area contributed by atoms with E-state index in [1.165, 1.54) is 29.7 Å². The first-order chi connectivity index (χ1) is 16.1. The van der Waals surface area contributed by atoms with E-state index in [4.69, 9.17) is 4.98 Å². The smallest absolute Gasteiger partial charge is 0.230 e. The molecule has 33 heavy (non-hydrogen) atoms. The fourth-order valence-corrected chi connectivity index (χ4v) is 5.25. The molecule has 0 unspecified atom stereocenters. The topological polar surface area (TPSA) is 65.1 Å². The second-order valence-electron chi connectivity index (χ2n) is 9.94. The fourth-order valence-electron chi connectivity index (χ4n) is 5.25. The predicted octanol–water partition coefficient (Wildman–Crippen LogP) is 4.77. The van der Waals surface area contributed by atoms with Crippen molar-refractivity contribution in [2.75, 3.05) is 29.4 Å². The lowest BCUT2D eigenvalue weighted by Gasteiger charge is -2.35. The Hall–Kier alpha value is -3.15. The van der Waals surface area contributed by atoms with Crippen LogP contribution in [-0.2, 0) is 11.2 Å². The number of rotatable bonds is 3. The number of nitrogens with zero attached hydrogens (tertiary/aromatic N) is 4. The number of benzene rings is 1. The number of piperidine rings is 1. The number of aromatic amines is 1. The van der Waals surface area contributed by atoms with Gasteiger partial charge in [0.15, 0.2) is 0 Å². The van der Waals surface area contributed by atoms with Crippen LogP contribution in [0.25, 0.3) is 11.3 Å². The molecule has 6 nitrogen and oxygen atoms in total. The molecule has 0 bridgehead atoms. The highest BCUT2D eigenvalue weighted by atomic mass is 16.2. The van der Waals surface area contributed by atoms with E-state index in [1.807, 2.05) is 11.1 Å². The number of carbonyl (C=O) groups excluding carboxylic acids is 1. The minimum atomic E-state index is 0.0484. The molecule has 2 aromatic heterocycles. The van der Waals surface area contributed by atoms with Gasteiger partial charge < -0.3 is 14.8 Å². The average molecular weight is 442 g/mol. The number of fused-ring (bicyclic) bond motifs is 3. The van der Waals surface area contributed by atoms with Gasteiger partial charge in [0.1, 0.15) is 11.6 Å². The Bertz CT molecular complexity index is 1190. The maximum atomic E-state index is 13.8. The summed E-state index contributed by atoms with van der Waals surface area (Å²) in [5.74, 6) is 3.04. The van der Waals surface area contributed by atoms with Crippen LogP contribution in [0.15, 0.2) is 36.5 Å². The monoisotopic (exact) mass is 441 g/mol. The van der Waals surface area contributed by atoms with Gasteiger partial charge in [0, 0.05) is 55.3 Å². The molecule has 0 atom stereocenters. The van der Waals surface area contributed by atoms with Crippen molar-refractivity contribution >= 4 is 17.4 Å². The van der Waals surface area contributed by atoms with Crippen molar-refractivity contribution in [3.05, 3.63) is 59.2 Å². The molecule has 1 aromatic carbocycles. The molecule has 1 N–H and O–H groups in total. The number of H-pyrrole nitrogens is 1. The Morgan fingerprint density at radius 1 is 1.00 bits per heavy atom. The zero-order chi connectivity index (χ0) is 22.5. The summed E-state index contributed by atoms with van der Waals surface area (Å²) in [6.45, 7) is 6.60. The summed E-state index contributed by atoms with van der Waals surface area (Å²) < 4.78 is 0. The molecule has 2 fully saturated rings. The molecule has 3 aliphatic rings. The van der Waals surface area contributed by atoms with Crippen molar-refractivity contribution in [3.63, 3.8) is 0 Å². The molecule has 4 heterocycles. The van der Waals surface area contributed by atoms with Crippen LogP contribution in [0.4, 0.5) is 11.5 Å². The van der Waals surface area contributed by atoms with Gasteiger partial charge in [-0.15, -0.1) is 0 Å². The first kappa shape index (κ1) is 20.5. The maximum absolute atomic E-state index is 13.8. The van der Waals surface area contributed by atoms with Gasteiger partial charge in [0.25, 0.3) is 0 Å². The third-order valence-corrected chi connectivity index (χ3v) is 7.37. The van der Waals surface area contributed by atoms with Crippen LogP contribution in [0.3, 0.4) is 0 Å². The highest BCUT2D eigenvalue weighted by Crippen LogP contribution is 2.42. The van der Waals surface area contributed by atoms with E-state index in [0.717, 1.165) is 60.9 Å². The van der Waals surface area contributed by atoms with E-state index in [2.05, 4.69) is 59.0 Å². The van der Waals surface area contributed by atoms with Crippen LogP contribution >= 0.6 is 0 Å². The normalized spacial score (nSPS) is 18.6. The van der Waals surface area contributed by atoms with Gasteiger partial charge in [0.05, 0.1) is 11.4 Å². The van der Waals surface area contributed by atoms with E-state index in [0.29, 0.717) is 12.5 Å². The maximum Gasteiger partial charge on any atom is 0.230 e. The van der Waals surface area contributed by atoms with Gasteiger partial charge in [-0.1, -0.05) is 17.7 Å². The molecule has 0 radical (unpaired) electrons. The molecule has 6 heteroatoms. The van der Waals surface area contributed by atoms with Gasteiger partial charge in [-0.2, -0.15) is 0 Å². The number of hydrogen-bond acceptors (Lipinski definition) is 4. The lowest BCUT2D eigenvalue weighted by Crippen LogP contribution is -2.43. The molecule has 3 aromatic rings. The van der Waals surface area contributed by atoms with Gasteiger partial charge in [-0.25, -0.2) is 9.97 Å². The SMILES string of the molecule is Cc1ccc(N2CCC(C(=O)N3CCc4[nH]c(C5CC5)nc4-c4cc(C)ccc43)CC2)nc1. The van der Waals surface area contributed by atoms with Crippen LogP contribution in [0.5, 0.6) is 0 Å². The zero-order valence-electron chi connectivity index (χ0n) is 19.5. The van der Waals surface area contributed by atoms with Crippen molar-refractivity contribution in [1.29, 1.82) is 0 Å². The van der Waals surface area contributed by atoms with Crippen molar-refractivity contribution in [1.82, 2.24) is 15.0 Å². The second-order valence-corrected chi connectivity index (χ2v) is 9.94. The van der Waals surface area contributed by atoms with Gasteiger partial charge in [-0.05, 0) is 63.3 Å². The first-order valence-corrected chi connectivity index (χ1v) is 12.3. The first-order valence-electron chi connectivity index (χ1n) is 12.3. The van der Waals surface area contributed by atoms with Crippen LogP contribution in [0, 0.1) is 19.8 Å². The third kappa shape index (κ3) is 3.81. The molecule has 6 rings (SSSR count). The summed E-state index contributed by atoms with van der Waals surface area (Å²) >= 11 is 0. The molecular formula is C27H31N5O. The Balaban J connectivity index is 1.24. The van der Waals surface area contributed by atoms with Crippen LogP contribution < -0.4 is 9.80 Å². The number of aromatic nitrogens is 3. The summed E-state index contributed by atoms with van der Waals surface area (Å²) in [6, 6.07) is 10.6. The number of anilines is 2. The van der Waals surface area contributed by atoms with Crippen LogP contribution in [-0.4, -0.2) is 40.5 Å². The molecular weight excluding hydrogens is 410 g/mol. The molecule has 1 amide bonds. The highest BCUT2D eigenvalue weighted by Gasteiger charge is 2.34. The summed E-state index contributed by atoms with van der Waals surface area (Å²) in [5, 5.41) is 0. The van der Waals surface area contributed by atoms with Crippen molar-refractivity contribution < 1.29 is 4.79 Å². The number of amides is 1. The Morgan fingerprint density at radius 3 is 2.52 bits per heavy atom. The molecule has 170 valence electrons. The van der Waals surface area contributed by atoms with E-state index in [9.17, 15) is 4.79 Å². The predicted molar refractivity (Wildman–Crippen MR) is 131 cm³/mol. The van der Waals surface area contributed by atoms with Crippen LogP contribution in [0.1, 0.15) is 54.2 Å². The van der Waals surface area contributed by atoms with E-state index in [-0.39, 0.29) is 11.8 Å². The van der Waals surface area contributed by atoms with E-state index in [1.54, 1.807) is 0 Å². The molecule has 1 saturated carbocycles. The number of nitrogens with one attached hydrogen (secondary N) is 1. The van der Waals surface area contributed by atoms with Crippen molar-refractivity contribution in [2.45, 2.75) is 51.9 Å². The van der Waals surface area contributed by atoms with Gasteiger partial charge in [0.2, 0.25) is 5.91 Å². The van der Waals surface area contributed by atoms with E-state index < -0.39 is 0 Å². The molecule has 1 aliphatic carbocycles. The summed E-state index contributed by atoms with van der Waals surface area (Å²) in [7, 11) is 0. The zero-order valence-corrected chi connectivity index (χ0v) is 19.5. The fraction of sp³-hybridized carbons (Fsp3) is 0.444. The van der Waals surface area contributed by atoms with Gasteiger partial charge in [-0.3, -0.25) is 4.79 Å². The van der Waals surface area contributed by atoms with Crippen molar-refractivity contribution in [2.24, 2.45) is 5.92 Å². The number of imidazole rings is 1. The van der Waals surface area contributed by atoms with Gasteiger partial charge >= 0.3 is 0 Å². The lowest BCUT2D eigenvalue weighted by molar-refractivity contribution is -0.123. The number of aryl methyl sites for hydroxylation is 2. The quantitative estimate of drug-likeness (QED) is 0.636. The minimum absolute atomic E-state index is 0.0484. The third-order valence-electron chi connectivity index (χ3n) is 7.37. The Morgan fingerprint density at radius 2 is 1.79 bits per heavy atom. The van der Waals surface area contributed by atoms with Crippen LogP contribution in [0.2, 0.25) is 0 Å². The molecule has 0 spiro atoms. The number of hydrogen-bond donors (Lipinski definition) is 1. The van der Waals surface area contributed by atoms with Crippen molar-refractivity contribution in [3.8, 4) is 11.3 Å². The lowest BCUT2D eigenvalue weighted by atomic mass is 9.94. The Kier molecular flexibility index (Phi) is 4.97. The summed E-state index contributed by atoms with van der Waals surface area (Å²) in [5.41, 5.74) is 6.71.